The van der Waals surface area contributed by atoms with E-state index in [1.54, 1.807) is 0 Å². The number of nitrogens with zero attached hydrogens (tertiary/aromatic N) is 3. The van der Waals surface area contributed by atoms with Crippen LogP contribution in [0.1, 0.15) is 12.8 Å². The van der Waals surface area contributed by atoms with Gasteiger partial charge in [0.15, 0.2) is 38.9 Å². The fourth-order valence-electron chi connectivity index (χ4n) is 8.65. The summed E-state index contributed by atoms with van der Waals surface area (Å²) in [4.78, 5) is 15.5. The Hall–Kier alpha value is -7.06. The Balaban J connectivity index is 1.17. The maximum atomic E-state index is 15.6. The summed E-state index contributed by atoms with van der Waals surface area (Å²) in [6.45, 7) is 0. The number of hydrogen-bond donors (Lipinski definition) is 0. The van der Waals surface area contributed by atoms with Gasteiger partial charge in [0.2, 0.25) is 0 Å². The first-order chi connectivity index (χ1) is 32.3. The zero-order valence-corrected chi connectivity index (χ0v) is 38.6. The minimum Gasteiger partial charge on any atom is -0.309 e. The van der Waals surface area contributed by atoms with Crippen LogP contribution in [0.2, 0.25) is 0 Å². The highest BCUT2D eigenvalue weighted by molar-refractivity contribution is 7.85. The molecule has 0 N–H and O–H groups in total. The molecule has 0 saturated heterocycles. The lowest BCUT2D eigenvalue weighted by atomic mass is 10.1. The van der Waals surface area contributed by atoms with E-state index in [2.05, 4.69) is 12.2 Å². The van der Waals surface area contributed by atoms with E-state index in [1.165, 1.54) is 0 Å². The molecule has 1 unspecified atom stereocenters. The van der Waals surface area contributed by atoms with Gasteiger partial charge in [-0.3, -0.25) is 0 Å². The Bertz CT molecular complexity index is 3150. The molecule has 66 heavy (non-hydrogen) atoms. The van der Waals surface area contributed by atoms with Gasteiger partial charge in [-0.1, -0.05) is 224 Å². The van der Waals surface area contributed by atoms with Crippen molar-refractivity contribution in [1.29, 1.82) is 0 Å². The lowest BCUT2D eigenvalue weighted by Gasteiger charge is -2.23. The summed E-state index contributed by atoms with van der Waals surface area (Å²) in [5.74, 6) is 1.08. The molecule has 9 aromatic rings. The van der Waals surface area contributed by atoms with Gasteiger partial charge in [-0.25, -0.2) is 15.0 Å². The van der Waals surface area contributed by atoms with Crippen LogP contribution in [0, 0.1) is 0 Å². The molecule has 6 nitrogen and oxygen atoms in total. The maximum absolute atomic E-state index is 15.6. The first kappa shape index (κ1) is 42.9. The number of rotatable bonds is 12. The second kappa shape index (κ2) is 18.4. The van der Waals surface area contributed by atoms with E-state index in [9.17, 15) is 0 Å². The number of hydrogen-bond acceptors (Lipinski definition) is 6. The van der Waals surface area contributed by atoms with E-state index in [1.807, 2.05) is 231 Å². The average Bonchev–Trinajstić information content (AvgIpc) is 3.41. The predicted molar refractivity (Wildman–Crippen MR) is 275 cm³/mol. The summed E-state index contributed by atoms with van der Waals surface area (Å²) in [6.07, 6.45) is 7.88. The number of benzene rings is 8. The molecule has 0 radical (unpaired) electrons. The quantitative estimate of drug-likeness (QED) is 0.113. The summed E-state index contributed by atoms with van der Waals surface area (Å²) < 4.78 is 46.9. The molecular weight excluding hydrogens is 868 g/mol. The highest BCUT2D eigenvalue weighted by Gasteiger charge is 2.34. The third-order valence-electron chi connectivity index (χ3n) is 12.0. The van der Waals surface area contributed by atoms with Crippen molar-refractivity contribution in [1.82, 2.24) is 15.0 Å². The zero-order chi connectivity index (χ0) is 45.0. The lowest BCUT2D eigenvalue weighted by Crippen LogP contribution is -2.25. The van der Waals surface area contributed by atoms with Crippen molar-refractivity contribution in [3.05, 3.63) is 248 Å². The highest BCUT2D eigenvalue weighted by Crippen LogP contribution is 2.54. The molecule has 1 atom stereocenters. The van der Waals surface area contributed by atoms with E-state index in [0.29, 0.717) is 71.3 Å². The summed E-state index contributed by atoms with van der Waals surface area (Å²) in [5.41, 5.74) is 1.94. The lowest BCUT2D eigenvalue weighted by molar-refractivity contribution is 0.590. The maximum Gasteiger partial charge on any atom is 0.171 e. The van der Waals surface area contributed by atoms with Gasteiger partial charge in [-0.2, -0.15) is 0 Å². The third-order valence-corrected chi connectivity index (χ3v) is 21.2. The minimum absolute atomic E-state index is 0.360. The highest BCUT2D eigenvalue weighted by atomic mass is 31.2. The number of allylic oxidation sites excluding steroid dienone is 4. The van der Waals surface area contributed by atoms with Crippen molar-refractivity contribution in [2.24, 2.45) is 0 Å². The van der Waals surface area contributed by atoms with Crippen LogP contribution in [0.25, 0.3) is 34.2 Å². The molecule has 0 spiro atoms. The van der Waals surface area contributed by atoms with Crippen molar-refractivity contribution in [2.45, 2.75) is 12.8 Å². The van der Waals surface area contributed by atoms with E-state index in [4.69, 9.17) is 15.0 Å². The average molecular weight is 912 g/mol. The molecule has 8 aromatic carbocycles. The van der Waals surface area contributed by atoms with Gasteiger partial charge in [-0.05, 0) is 31.0 Å². The van der Waals surface area contributed by atoms with Gasteiger partial charge >= 0.3 is 0 Å². The van der Waals surface area contributed by atoms with Crippen molar-refractivity contribution >= 4 is 63.9 Å². The zero-order valence-electron chi connectivity index (χ0n) is 35.9. The van der Waals surface area contributed by atoms with E-state index in [0.717, 1.165) is 23.5 Å². The van der Waals surface area contributed by atoms with E-state index >= 15 is 13.7 Å². The smallest absolute Gasteiger partial charge is 0.171 e. The molecule has 10 rings (SSSR count). The monoisotopic (exact) mass is 911 g/mol. The molecule has 1 heterocycles. The minimum atomic E-state index is -3.36. The predicted octanol–water partition coefficient (Wildman–Crippen LogP) is 10.7. The van der Waals surface area contributed by atoms with Crippen LogP contribution < -0.4 is 42.4 Å². The molecule has 1 aromatic heterocycles. The van der Waals surface area contributed by atoms with Crippen LogP contribution in [-0.4, -0.2) is 15.0 Å². The van der Waals surface area contributed by atoms with Gasteiger partial charge in [0.25, 0.3) is 0 Å². The van der Waals surface area contributed by atoms with Crippen LogP contribution in [0.15, 0.2) is 248 Å². The van der Waals surface area contributed by atoms with Crippen LogP contribution in [0.3, 0.4) is 0 Å². The largest absolute Gasteiger partial charge is 0.309 e. The Labute approximate surface area is 385 Å². The van der Waals surface area contributed by atoms with Crippen molar-refractivity contribution in [3.8, 4) is 34.2 Å². The summed E-state index contributed by atoms with van der Waals surface area (Å²) in [5, 5.41) is 6.32. The SMILES string of the molecule is O=P(C1=CCCC=C1)(c1ccccc1)c1cccc(-c2nc(-c3cccc(P(=O)(c4ccccc4)c4ccccc4)c3)nc(-c3cccc(P(=O)(c4ccccc4)c4ccccc4)c3)n2)c1. The van der Waals surface area contributed by atoms with Crippen LogP contribution >= 0.6 is 21.4 Å². The van der Waals surface area contributed by atoms with Crippen molar-refractivity contribution < 1.29 is 13.7 Å². The second-order valence-corrected chi connectivity index (χ2v) is 24.4. The van der Waals surface area contributed by atoms with Crippen LogP contribution in [0.4, 0.5) is 0 Å². The molecule has 0 aliphatic heterocycles. The van der Waals surface area contributed by atoms with E-state index < -0.39 is 21.4 Å². The Morgan fingerprint density at radius 1 is 0.303 bits per heavy atom. The van der Waals surface area contributed by atoms with E-state index in [-0.39, 0.29) is 0 Å². The molecule has 9 heteroatoms. The first-order valence-corrected chi connectivity index (χ1v) is 27.0. The normalized spacial score (nSPS) is 13.7. The fraction of sp³-hybridized carbons (Fsp3) is 0.0351. The second-order valence-electron chi connectivity index (χ2n) is 16.1. The summed E-state index contributed by atoms with van der Waals surface area (Å²) in [6, 6.07) is 70.9. The van der Waals surface area contributed by atoms with Gasteiger partial charge in [0.05, 0.1) is 0 Å². The molecule has 0 amide bonds. The Morgan fingerprint density at radius 2 is 0.591 bits per heavy atom. The van der Waals surface area contributed by atoms with Gasteiger partial charge in [0.1, 0.15) is 0 Å². The van der Waals surface area contributed by atoms with Gasteiger partial charge in [-0.15, -0.1) is 0 Å². The summed E-state index contributed by atoms with van der Waals surface area (Å²) >= 11 is 0. The Kier molecular flexibility index (Phi) is 12.0. The molecule has 1 aliphatic rings. The molecular formula is C57H44N3O3P3. The molecule has 0 fully saturated rings. The fourth-order valence-corrected chi connectivity index (χ4v) is 16.8. The first-order valence-electron chi connectivity index (χ1n) is 21.9. The van der Waals surface area contributed by atoms with Gasteiger partial charge in [0, 0.05) is 64.4 Å². The third kappa shape index (κ3) is 8.03. The number of aromatic nitrogens is 3. The van der Waals surface area contributed by atoms with Crippen molar-refractivity contribution in [3.63, 3.8) is 0 Å². The molecule has 320 valence electrons. The molecule has 0 bridgehead atoms. The Morgan fingerprint density at radius 3 is 0.894 bits per heavy atom. The van der Waals surface area contributed by atoms with Crippen LogP contribution in [0.5, 0.6) is 0 Å². The van der Waals surface area contributed by atoms with Crippen molar-refractivity contribution in [2.75, 3.05) is 0 Å². The van der Waals surface area contributed by atoms with Crippen LogP contribution in [-0.2, 0) is 13.7 Å². The van der Waals surface area contributed by atoms with Gasteiger partial charge < -0.3 is 13.7 Å². The topological polar surface area (TPSA) is 89.9 Å². The molecule has 1 aliphatic carbocycles. The molecule has 0 saturated carbocycles. The summed E-state index contributed by atoms with van der Waals surface area (Å²) in [7, 11) is -10.0. The standard InChI is InChI=1S/C57H44N3O3P3/c61-64(46-25-7-1-8-26-46,47-27-9-2-10-28-47)52-37-19-22-43(40-52)55-58-56(44-23-20-38-53(41-44)65(62,48-29-11-3-12-30-48)49-31-13-4-14-32-49)60-57(59-55)45-24-21-39-54(42-45)66(63,50-33-15-5-16-34-50)51-35-17-6-18-36-51/h1-5,7-17,19-42H,6,18H2.